The summed E-state index contributed by atoms with van der Waals surface area (Å²) in [5.41, 5.74) is 1.15. The molecule has 1 aromatic heterocycles. The van der Waals surface area contributed by atoms with Crippen molar-refractivity contribution in [3.8, 4) is 5.88 Å². The molecule has 2 aromatic rings. The number of piperidine rings is 1. The molecule has 1 aliphatic rings. The fourth-order valence-electron chi connectivity index (χ4n) is 2.84. The molecule has 4 nitrogen and oxygen atoms in total. The van der Waals surface area contributed by atoms with Crippen LogP contribution in [0.5, 0.6) is 5.88 Å². The van der Waals surface area contributed by atoms with Gasteiger partial charge in [0.1, 0.15) is 5.82 Å². The molecular formula is C17H20FN3O. The Morgan fingerprint density at radius 2 is 2.09 bits per heavy atom. The number of hydrogen-bond acceptors (Lipinski definition) is 4. The molecule has 2 heterocycles. The van der Waals surface area contributed by atoms with Gasteiger partial charge >= 0.3 is 0 Å². The third-order valence-corrected chi connectivity index (χ3v) is 3.93. The predicted molar refractivity (Wildman–Crippen MR) is 81.9 cm³/mol. The van der Waals surface area contributed by atoms with Gasteiger partial charge in [0.15, 0.2) is 0 Å². The van der Waals surface area contributed by atoms with Gasteiger partial charge in [-0.3, -0.25) is 9.88 Å². The fraction of sp³-hybridized carbons (Fsp3) is 0.412. The highest BCUT2D eigenvalue weighted by atomic mass is 19.1. The molecule has 22 heavy (non-hydrogen) atoms. The lowest BCUT2D eigenvalue weighted by molar-refractivity contribution is 0.123. The Labute approximate surface area is 130 Å². The van der Waals surface area contributed by atoms with E-state index in [1.165, 1.54) is 18.6 Å². The Bertz CT molecular complexity index is 576. The molecule has 0 spiro atoms. The zero-order valence-electron chi connectivity index (χ0n) is 12.5. The van der Waals surface area contributed by atoms with Crippen molar-refractivity contribution >= 4 is 0 Å². The average Bonchev–Trinajstić information content (AvgIpc) is 2.57. The third-order valence-electron chi connectivity index (χ3n) is 3.93. The summed E-state index contributed by atoms with van der Waals surface area (Å²) in [5.74, 6) is 0.895. The quantitative estimate of drug-likeness (QED) is 0.851. The van der Waals surface area contributed by atoms with Crippen LogP contribution in [0.25, 0.3) is 0 Å². The summed E-state index contributed by atoms with van der Waals surface area (Å²) in [6.07, 6.45) is 7.24. The van der Waals surface area contributed by atoms with Crippen LogP contribution in [0.2, 0.25) is 0 Å². The van der Waals surface area contributed by atoms with E-state index in [4.69, 9.17) is 4.74 Å². The van der Waals surface area contributed by atoms with Gasteiger partial charge in [-0.15, -0.1) is 0 Å². The standard InChI is InChI=1S/C17H20FN3O/c18-16-5-3-14(4-6-16)11-21-9-1-2-15(12-21)13-22-17-10-19-7-8-20-17/h3-8,10,15H,1-2,9,11-13H2. The molecule has 1 saturated heterocycles. The second kappa shape index (κ2) is 7.31. The second-order valence-electron chi connectivity index (χ2n) is 5.72. The first-order chi connectivity index (χ1) is 10.8. The van der Waals surface area contributed by atoms with Gasteiger partial charge in [-0.1, -0.05) is 12.1 Å². The topological polar surface area (TPSA) is 38.2 Å². The van der Waals surface area contributed by atoms with E-state index in [1.54, 1.807) is 18.6 Å². The van der Waals surface area contributed by atoms with Gasteiger partial charge in [-0.2, -0.15) is 0 Å². The first-order valence-corrected chi connectivity index (χ1v) is 7.65. The molecule has 116 valence electrons. The van der Waals surface area contributed by atoms with Crippen LogP contribution in [0.15, 0.2) is 42.9 Å². The highest BCUT2D eigenvalue weighted by Crippen LogP contribution is 2.19. The van der Waals surface area contributed by atoms with Crippen LogP contribution in [0.4, 0.5) is 4.39 Å². The van der Waals surface area contributed by atoms with Gasteiger partial charge in [0.25, 0.3) is 0 Å². The number of nitrogens with zero attached hydrogens (tertiary/aromatic N) is 3. The largest absolute Gasteiger partial charge is 0.476 e. The molecule has 3 rings (SSSR count). The lowest BCUT2D eigenvalue weighted by Gasteiger charge is -2.32. The van der Waals surface area contributed by atoms with Crippen molar-refractivity contribution in [1.29, 1.82) is 0 Å². The summed E-state index contributed by atoms with van der Waals surface area (Å²) < 4.78 is 18.7. The molecule has 1 aliphatic heterocycles. The number of hydrogen-bond donors (Lipinski definition) is 0. The molecular weight excluding hydrogens is 281 g/mol. The highest BCUT2D eigenvalue weighted by Gasteiger charge is 2.20. The van der Waals surface area contributed by atoms with E-state index in [0.717, 1.165) is 31.6 Å². The lowest BCUT2D eigenvalue weighted by atomic mass is 9.98. The number of ether oxygens (including phenoxy) is 1. The molecule has 1 aromatic carbocycles. The second-order valence-corrected chi connectivity index (χ2v) is 5.72. The summed E-state index contributed by atoms with van der Waals surface area (Å²) in [4.78, 5) is 10.5. The van der Waals surface area contributed by atoms with Crippen molar-refractivity contribution in [2.45, 2.75) is 19.4 Å². The molecule has 0 amide bonds. The van der Waals surface area contributed by atoms with Gasteiger partial charge in [-0.05, 0) is 37.1 Å². The lowest BCUT2D eigenvalue weighted by Crippen LogP contribution is -2.37. The molecule has 0 aliphatic carbocycles. The first-order valence-electron chi connectivity index (χ1n) is 7.65. The summed E-state index contributed by atoms with van der Waals surface area (Å²) in [5, 5.41) is 0. The Kier molecular flexibility index (Phi) is 4.96. The number of halogens is 1. The van der Waals surface area contributed by atoms with E-state index in [0.29, 0.717) is 18.4 Å². The molecule has 0 saturated carbocycles. The molecule has 1 atom stereocenters. The van der Waals surface area contributed by atoms with E-state index in [1.807, 2.05) is 12.1 Å². The summed E-state index contributed by atoms with van der Waals surface area (Å²) >= 11 is 0. The van der Waals surface area contributed by atoms with Crippen LogP contribution in [-0.4, -0.2) is 34.6 Å². The molecule has 5 heteroatoms. The van der Waals surface area contributed by atoms with Gasteiger partial charge in [0, 0.05) is 31.4 Å². The minimum Gasteiger partial charge on any atom is -0.476 e. The normalized spacial score (nSPS) is 19.0. The van der Waals surface area contributed by atoms with Crippen molar-refractivity contribution in [3.05, 3.63) is 54.2 Å². The maximum Gasteiger partial charge on any atom is 0.232 e. The minimum atomic E-state index is -0.183. The van der Waals surface area contributed by atoms with Gasteiger partial charge in [-0.25, -0.2) is 9.37 Å². The van der Waals surface area contributed by atoms with Crippen LogP contribution in [-0.2, 0) is 6.54 Å². The number of rotatable bonds is 5. The maximum atomic E-state index is 12.9. The summed E-state index contributed by atoms with van der Waals surface area (Å²) in [6, 6.07) is 6.76. The number of benzene rings is 1. The van der Waals surface area contributed by atoms with E-state index < -0.39 is 0 Å². The number of likely N-dealkylation sites (tertiary alicyclic amines) is 1. The number of aromatic nitrogens is 2. The Balaban J connectivity index is 1.49. The van der Waals surface area contributed by atoms with E-state index in [9.17, 15) is 4.39 Å². The minimum absolute atomic E-state index is 0.183. The molecule has 0 N–H and O–H groups in total. The highest BCUT2D eigenvalue weighted by molar-refractivity contribution is 5.16. The summed E-state index contributed by atoms with van der Waals surface area (Å²) in [7, 11) is 0. The predicted octanol–water partition coefficient (Wildman–Crippen LogP) is 2.91. The summed E-state index contributed by atoms with van der Waals surface area (Å²) in [6.45, 7) is 3.61. The SMILES string of the molecule is Fc1ccc(CN2CCCC(COc3cnccn3)C2)cc1. The molecule has 1 unspecified atom stereocenters. The molecule has 0 radical (unpaired) electrons. The van der Waals surface area contributed by atoms with E-state index >= 15 is 0 Å². The molecule has 0 bridgehead atoms. The fourth-order valence-corrected chi connectivity index (χ4v) is 2.84. The van der Waals surface area contributed by atoms with Crippen molar-refractivity contribution in [2.75, 3.05) is 19.7 Å². The van der Waals surface area contributed by atoms with Crippen molar-refractivity contribution in [3.63, 3.8) is 0 Å². The van der Waals surface area contributed by atoms with Crippen LogP contribution < -0.4 is 4.74 Å². The average molecular weight is 301 g/mol. The Morgan fingerprint density at radius 3 is 2.86 bits per heavy atom. The van der Waals surface area contributed by atoms with Gasteiger partial charge < -0.3 is 4.74 Å². The van der Waals surface area contributed by atoms with Crippen LogP contribution in [0.3, 0.4) is 0 Å². The monoisotopic (exact) mass is 301 g/mol. The van der Waals surface area contributed by atoms with Crippen molar-refractivity contribution in [1.82, 2.24) is 14.9 Å². The van der Waals surface area contributed by atoms with Crippen LogP contribution in [0, 0.1) is 11.7 Å². The zero-order chi connectivity index (χ0) is 15.2. The molecule has 1 fully saturated rings. The zero-order valence-corrected chi connectivity index (χ0v) is 12.5. The van der Waals surface area contributed by atoms with Crippen molar-refractivity contribution < 1.29 is 9.13 Å². The Morgan fingerprint density at radius 1 is 1.23 bits per heavy atom. The third kappa shape index (κ3) is 4.24. The van der Waals surface area contributed by atoms with E-state index in [2.05, 4.69) is 14.9 Å². The van der Waals surface area contributed by atoms with Crippen LogP contribution >= 0.6 is 0 Å². The van der Waals surface area contributed by atoms with Crippen molar-refractivity contribution in [2.24, 2.45) is 5.92 Å². The van der Waals surface area contributed by atoms with Crippen LogP contribution in [0.1, 0.15) is 18.4 Å². The van der Waals surface area contributed by atoms with Gasteiger partial charge in [0.05, 0.1) is 12.8 Å². The van der Waals surface area contributed by atoms with Gasteiger partial charge in [0.2, 0.25) is 5.88 Å². The first kappa shape index (κ1) is 14.9. The van der Waals surface area contributed by atoms with E-state index in [-0.39, 0.29) is 5.82 Å². The smallest absolute Gasteiger partial charge is 0.232 e. The maximum absolute atomic E-state index is 12.9. The Hall–Kier alpha value is -2.01.